The van der Waals surface area contributed by atoms with Gasteiger partial charge in [0.15, 0.2) is 11.5 Å². The SMILES string of the molecule is O=S(=O)(c1ccc2c(c1)OCCO2)c1nc(-c2cccs2)oc1NCc1ccco1. The van der Waals surface area contributed by atoms with Gasteiger partial charge in [-0.1, -0.05) is 6.07 Å². The maximum atomic E-state index is 13.4. The molecule has 4 aromatic rings. The molecule has 0 bridgehead atoms. The third-order valence-electron chi connectivity index (χ3n) is 4.41. The van der Waals surface area contributed by atoms with Crippen LogP contribution in [0.1, 0.15) is 5.76 Å². The van der Waals surface area contributed by atoms with Crippen LogP contribution in [0.2, 0.25) is 0 Å². The number of hydrogen-bond acceptors (Lipinski definition) is 9. The van der Waals surface area contributed by atoms with Crippen LogP contribution in [0.15, 0.2) is 72.9 Å². The lowest BCUT2D eigenvalue weighted by atomic mass is 10.3. The van der Waals surface area contributed by atoms with Crippen molar-refractivity contribution in [3.8, 4) is 22.3 Å². The maximum Gasteiger partial charge on any atom is 0.240 e. The van der Waals surface area contributed by atoms with E-state index in [0.29, 0.717) is 30.5 Å². The second-order valence-corrected chi connectivity index (χ2v) is 9.19. The second-order valence-electron chi connectivity index (χ2n) is 6.37. The van der Waals surface area contributed by atoms with Crippen molar-refractivity contribution in [2.45, 2.75) is 16.5 Å². The fraction of sp³-hybridized carbons (Fsp3) is 0.150. The van der Waals surface area contributed by atoms with Crippen LogP contribution in [0.5, 0.6) is 11.5 Å². The Bertz CT molecular complexity index is 1260. The van der Waals surface area contributed by atoms with E-state index in [4.69, 9.17) is 18.3 Å². The Balaban J connectivity index is 1.55. The molecule has 1 aromatic carbocycles. The largest absolute Gasteiger partial charge is 0.486 e. The minimum absolute atomic E-state index is 0.0406. The predicted octanol–water partition coefficient (Wildman–Crippen LogP) is 4.21. The van der Waals surface area contributed by atoms with Crippen molar-refractivity contribution >= 4 is 27.1 Å². The summed E-state index contributed by atoms with van der Waals surface area (Å²) in [5.41, 5.74) is 0. The van der Waals surface area contributed by atoms with Gasteiger partial charge in [0.1, 0.15) is 19.0 Å². The van der Waals surface area contributed by atoms with E-state index in [9.17, 15) is 8.42 Å². The van der Waals surface area contributed by atoms with E-state index < -0.39 is 9.84 Å². The van der Waals surface area contributed by atoms with Crippen LogP contribution in [0.3, 0.4) is 0 Å². The van der Waals surface area contributed by atoms with Crippen molar-refractivity contribution in [2.24, 2.45) is 0 Å². The Morgan fingerprint density at radius 1 is 1.07 bits per heavy atom. The molecule has 0 radical (unpaired) electrons. The number of sulfone groups is 1. The average molecular weight is 444 g/mol. The number of thiophene rings is 1. The van der Waals surface area contributed by atoms with Gasteiger partial charge < -0.3 is 23.6 Å². The van der Waals surface area contributed by atoms with Crippen molar-refractivity contribution in [1.29, 1.82) is 0 Å². The molecular weight excluding hydrogens is 428 g/mol. The number of furan rings is 1. The van der Waals surface area contributed by atoms with E-state index in [0.717, 1.165) is 4.88 Å². The highest BCUT2D eigenvalue weighted by molar-refractivity contribution is 7.91. The molecule has 0 saturated carbocycles. The fourth-order valence-electron chi connectivity index (χ4n) is 2.99. The number of rotatable bonds is 6. The molecule has 3 aromatic heterocycles. The zero-order valence-corrected chi connectivity index (χ0v) is 17.2. The number of hydrogen-bond donors (Lipinski definition) is 1. The summed E-state index contributed by atoms with van der Waals surface area (Å²) in [7, 11) is -3.99. The summed E-state index contributed by atoms with van der Waals surface area (Å²) >= 11 is 1.41. The van der Waals surface area contributed by atoms with Crippen LogP contribution in [-0.2, 0) is 16.4 Å². The molecule has 0 fully saturated rings. The molecule has 0 aliphatic carbocycles. The first-order valence-corrected chi connectivity index (χ1v) is 11.4. The van der Waals surface area contributed by atoms with Gasteiger partial charge in [-0.2, -0.15) is 4.98 Å². The molecule has 1 N–H and O–H groups in total. The fourth-order valence-corrected chi connectivity index (χ4v) is 4.93. The Kier molecular flexibility index (Phi) is 4.72. The van der Waals surface area contributed by atoms with Gasteiger partial charge in [-0.15, -0.1) is 11.3 Å². The van der Waals surface area contributed by atoms with Gasteiger partial charge in [0, 0.05) is 6.07 Å². The number of oxazole rings is 1. The van der Waals surface area contributed by atoms with Crippen molar-refractivity contribution in [2.75, 3.05) is 18.5 Å². The van der Waals surface area contributed by atoms with E-state index in [1.165, 1.54) is 23.5 Å². The Morgan fingerprint density at radius 3 is 2.70 bits per heavy atom. The summed E-state index contributed by atoms with van der Waals surface area (Å²) in [5, 5.41) is 4.65. The van der Waals surface area contributed by atoms with Gasteiger partial charge in [0.2, 0.25) is 26.6 Å². The van der Waals surface area contributed by atoms with Crippen LogP contribution in [0.4, 0.5) is 5.88 Å². The Morgan fingerprint density at radius 2 is 1.93 bits per heavy atom. The molecule has 0 spiro atoms. The number of fused-ring (bicyclic) bond motifs is 1. The molecule has 10 heteroatoms. The smallest absolute Gasteiger partial charge is 0.240 e. The monoisotopic (exact) mass is 444 g/mol. The zero-order chi connectivity index (χ0) is 20.6. The van der Waals surface area contributed by atoms with E-state index in [1.54, 1.807) is 24.5 Å². The van der Waals surface area contributed by atoms with Crippen LogP contribution in [0, 0.1) is 0 Å². The third-order valence-corrected chi connectivity index (χ3v) is 6.93. The first-order chi connectivity index (χ1) is 14.6. The van der Waals surface area contributed by atoms with Crippen LogP contribution >= 0.6 is 11.3 Å². The average Bonchev–Trinajstić information content (AvgIpc) is 3.53. The van der Waals surface area contributed by atoms with Crippen molar-refractivity contribution in [1.82, 2.24) is 4.98 Å². The van der Waals surface area contributed by atoms with Gasteiger partial charge >= 0.3 is 0 Å². The molecule has 0 atom stereocenters. The number of nitrogens with one attached hydrogen (secondary N) is 1. The second kappa shape index (κ2) is 7.54. The van der Waals surface area contributed by atoms with Crippen LogP contribution in [0.25, 0.3) is 10.8 Å². The molecule has 1 aliphatic rings. The molecule has 4 heterocycles. The minimum atomic E-state index is -3.99. The summed E-state index contributed by atoms with van der Waals surface area (Å²) in [5.74, 6) is 1.80. The minimum Gasteiger partial charge on any atom is -0.486 e. The molecule has 0 unspecified atom stereocenters. The highest BCUT2D eigenvalue weighted by Gasteiger charge is 2.30. The van der Waals surface area contributed by atoms with Crippen molar-refractivity contribution in [3.05, 3.63) is 59.9 Å². The summed E-state index contributed by atoms with van der Waals surface area (Å²) in [6.07, 6.45) is 1.54. The molecular formula is C20H16N2O6S2. The van der Waals surface area contributed by atoms with Gasteiger partial charge in [-0.3, -0.25) is 0 Å². The highest BCUT2D eigenvalue weighted by Crippen LogP contribution is 2.37. The quantitative estimate of drug-likeness (QED) is 0.472. The first-order valence-electron chi connectivity index (χ1n) is 9.07. The topological polar surface area (TPSA) is 104 Å². The Hall–Kier alpha value is -3.24. The lowest BCUT2D eigenvalue weighted by Crippen LogP contribution is -2.16. The maximum absolute atomic E-state index is 13.4. The number of aromatic nitrogens is 1. The van der Waals surface area contributed by atoms with E-state index in [2.05, 4.69) is 10.3 Å². The number of ether oxygens (including phenoxy) is 2. The number of nitrogens with zero attached hydrogens (tertiary/aromatic N) is 1. The zero-order valence-electron chi connectivity index (χ0n) is 15.5. The molecule has 5 rings (SSSR count). The summed E-state index contributed by atoms with van der Waals surface area (Å²) < 4.78 is 48.9. The van der Waals surface area contributed by atoms with Crippen LogP contribution < -0.4 is 14.8 Å². The molecule has 8 nitrogen and oxygen atoms in total. The first kappa shape index (κ1) is 18.8. The lowest BCUT2D eigenvalue weighted by molar-refractivity contribution is 0.171. The normalized spacial score (nSPS) is 13.3. The van der Waals surface area contributed by atoms with Gasteiger partial charge in [0.05, 0.1) is 22.6 Å². The van der Waals surface area contributed by atoms with Crippen LogP contribution in [-0.4, -0.2) is 26.6 Å². The lowest BCUT2D eigenvalue weighted by Gasteiger charge is -2.18. The predicted molar refractivity (Wildman–Crippen MR) is 109 cm³/mol. The number of anilines is 1. The number of benzene rings is 1. The molecule has 154 valence electrons. The third kappa shape index (κ3) is 3.44. The summed E-state index contributed by atoms with van der Waals surface area (Å²) in [6.45, 7) is 1.03. The molecule has 1 aliphatic heterocycles. The van der Waals surface area contributed by atoms with Gasteiger partial charge in [-0.25, -0.2) is 8.42 Å². The van der Waals surface area contributed by atoms with Crippen molar-refractivity contribution < 1.29 is 26.7 Å². The highest BCUT2D eigenvalue weighted by atomic mass is 32.2. The van der Waals surface area contributed by atoms with Gasteiger partial charge in [0.25, 0.3) is 0 Å². The molecule has 0 amide bonds. The van der Waals surface area contributed by atoms with E-state index in [1.807, 2.05) is 17.5 Å². The van der Waals surface area contributed by atoms with E-state index in [-0.39, 0.29) is 28.2 Å². The molecule has 30 heavy (non-hydrogen) atoms. The molecule has 0 saturated heterocycles. The van der Waals surface area contributed by atoms with Gasteiger partial charge in [-0.05, 0) is 35.7 Å². The summed E-state index contributed by atoms with van der Waals surface area (Å²) in [6, 6.07) is 11.7. The van der Waals surface area contributed by atoms with E-state index >= 15 is 0 Å². The standard InChI is InChI=1S/C20H16N2O6S2/c23-30(24,14-5-6-15-16(11-14)27-9-8-26-15)20-19(21-12-13-3-1-7-25-13)28-18(22-20)17-4-2-10-29-17/h1-7,10-11,21H,8-9,12H2. The van der Waals surface area contributed by atoms with Crippen molar-refractivity contribution in [3.63, 3.8) is 0 Å². The summed E-state index contributed by atoms with van der Waals surface area (Å²) in [4.78, 5) is 5.07. The Labute approximate surface area is 176 Å².